The van der Waals surface area contributed by atoms with E-state index in [-0.39, 0.29) is 17.9 Å². The van der Waals surface area contributed by atoms with Gasteiger partial charge >= 0.3 is 0 Å². The maximum absolute atomic E-state index is 11.4. The van der Waals surface area contributed by atoms with Crippen molar-refractivity contribution in [3.8, 4) is 0 Å². The molecule has 0 aliphatic rings. The Morgan fingerprint density at radius 2 is 2.08 bits per heavy atom. The van der Waals surface area contributed by atoms with Gasteiger partial charge in [0.25, 0.3) is 0 Å². The number of hydrogen-bond acceptors (Lipinski definition) is 2. The Morgan fingerprint density at radius 3 is 2.38 bits per heavy atom. The Hall–Kier alpha value is -0.540. The largest absolute Gasteiger partial charge is 0.350 e. The minimum absolute atomic E-state index is 0.200. The summed E-state index contributed by atoms with van der Waals surface area (Å²) in [7, 11) is 0. The summed E-state index contributed by atoms with van der Waals surface area (Å²) in [5.41, 5.74) is 5.46. The van der Waals surface area contributed by atoms with Crippen LogP contribution < -0.4 is 11.1 Å². The molecule has 0 aliphatic carbocycles. The van der Waals surface area contributed by atoms with Crippen molar-refractivity contribution in [2.24, 2.45) is 11.1 Å². The lowest BCUT2D eigenvalue weighted by atomic mass is 9.87. The molecule has 0 heterocycles. The molecule has 3 nitrogen and oxygen atoms in total. The van der Waals surface area contributed by atoms with Gasteiger partial charge in [-0.1, -0.05) is 39.0 Å². The van der Waals surface area contributed by atoms with Crippen LogP contribution in [0.4, 0.5) is 0 Å². The highest BCUT2D eigenvalue weighted by atomic mass is 35.5. The van der Waals surface area contributed by atoms with Crippen LogP contribution in [-0.4, -0.2) is 18.5 Å². The van der Waals surface area contributed by atoms with Crippen LogP contribution in [0.1, 0.15) is 20.8 Å². The number of nitrogens with one attached hydrogen (secondary N) is 1. The van der Waals surface area contributed by atoms with Crippen LogP contribution >= 0.6 is 11.6 Å². The van der Waals surface area contributed by atoms with E-state index in [4.69, 9.17) is 17.3 Å². The van der Waals surface area contributed by atoms with Crippen LogP contribution in [-0.2, 0) is 4.79 Å². The molecule has 0 spiro atoms. The Bertz CT molecular complexity index is 208. The van der Waals surface area contributed by atoms with Crippen molar-refractivity contribution >= 4 is 17.5 Å². The fourth-order valence-electron chi connectivity index (χ4n) is 0.686. The Balaban J connectivity index is 4.05. The number of carbonyl (C=O) groups is 1. The number of rotatable bonds is 3. The maximum Gasteiger partial charge on any atom is 0.237 e. The number of halogens is 1. The van der Waals surface area contributed by atoms with Gasteiger partial charge in [0.1, 0.15) is 0 Å². The van der Waals surface area contributed by atoms with Crippen molar-refractivity contribution in [1.82, 2.24) is 5.32 Å². The zero-order valence-electron chi connectivity index (χ0n) is 8.36. The highest BCUT2D eigenvalue weighted by Gasteiger charge is 2.26. The van der Waals surface area contributed by atoms with Crippen LogP contribution in [0.15, 0.2) is 11.6 Å². The van der Waals surface area contributed by atoms with Gasteiger partial charge in [-0.3, -0.25) is 4.79 Å². The van der Waals surface area contributed by atoms with E-state index in [0.717, 1.165) is 0 Å². The summed E-state index contributed by atoms with van der Waals surface area (Å²) in [5, 5.41) is 2.99. The minimum Gasteiger partial charge on any atom is -0.350 e. The van der Waals surface area contributed by atoms with Crippen molar-refractivity contribution in [2.75, 3.05) is 6.54 Å². The van der Waals surface area contributed by atoms with Gasteiger partial charge in [-0.05, 0) is 5.41 Å². The number of amides is 1. The summed E-state index contributed by atoms with van der Waals surface area (Å²) in [6.45, 7) is 9.45. The Kier molecular flexibility index (Phi) is 4.44. The average molecular weight is 205 g/mol. The first-order valence-electron chi connectivity index (χ1n) is 4.11. The van der Waals surface area contributed by atoms with E-state index < -0.39 is 6.04 Å². The second-order valence-corrected chi connectivity index (χ2v) is 4.61. The molecule has 0 saturated carbocycles. The molecule has 0 aromatic heterocycles. The molecule has 0 fully saturated rings. The third-order valence-corrected chi connectivity index (χ3v) is 1.80. The van der Waals surface area contributed by atoms with Gasteiger partial charge in [-0.15, -0.1) is 0 Å². The van der Waals surface area contributed by atoms with Crippen molar-refractivity contribution < 1.29 is 4.79 Å². The summed E-state index contributed by atoms with van der Waals surface area (Å²) < 4.78 is 0. The minimum atomic E-state index is -0.525. The third-order valence-electron chi connectivity index (χ3n) is 1.67. The lowest BCUT2D eigenvalue weighted by Gasteiger charge is -2.25. The molecule has 0 saturated heterocycles. The van der Waals surface area contributed by atoms with Crippen molar-refractivity contribution in [1.29, 1.82) is 0 Å². The predicted molar refractivity (Wildman–Crippen MR) is 55.4 cm³/mol. The highest BCUT2D eigenvalue weighted by molar-refractivity contribution is 6.29. The number of hydrogen-bond donors (Lipinski definition) is 2. The molecule has 13 heavy (non-hydrogen) atoms. The monoisotopic (exact) mass is 204 g/mol. The molecule has 0 rings (SSSR count). The molecule has 0 aromatic rings. The van der Waals surface area contributed by atoms with Crippen molar-refractivity contribution in [3.63, 3.8) is 0 Å². The average Bonchev–Trinajstić information content (AvgIpc) is 1.96. The van der Waals surface area contributed by atoms with Gasteiger partial charge < -0.3 is 11.1 Å². The first-order chi connectivity index (χ1) is 5.75. The predicted octanol–water partition coefficient (Wildman–Crippen LogP) is 1.23. The zero-order chi connectivity index (χ0) is 10.6. The summed E-state index contributed by atoms with van der Waals surface area (Å²) in [4.78, 5) is 11.4. The standard InChI is InChI=1S/C9H17ClN2O/c1-6(10)5-12-8(13)7(11)9(2,3)4/h7H,1,5,11H2,2-4H3,(H,12,13)/t7-/m0/s1. The van der Waals surface area contributed by atoms with Crippen LogP contribution in [0, 0.1) is 5.41 Å². The van der Waals surface area contributed by atoms with Gasteiger partial charge in [0.05, 0.1) is 12.6 Å². The van der Waals surface area contributed by atoms with Crippen molar-refractivity contribution in [2.45, 2.75) is 26.8 Å². The number of nitrogens with two attached hydrogens (primary N) is 1. The Labute approximate surface area is 84.3 Å². The second kappa shape index (κ2) is 4.63. The zero-order valence-corrected chi connectivity index (χ0v) is 9.11. The van der Waals surface area contributed by atoms with Gasteiger partial charge in [-0.25, -0.2) is 0 Å². The van der Waals surface area contributed by atoms with E-state index >= 15 is 0 Å². The van der Waals surface area contributed by atoms with Gasteiger partial charge in [0.15, 0.2) is 0 Å². The van der Waals surface area contributed by atoms with Crippen LogP contribution in [0.2, 0.25) is 0 Å². The van der Waals surface area contributed by atoms with Crippen LogP contribution in [0.25, 0.3) is 0 Å². The molecular formula is C9H17ClN2O. The van der Waals surface area contributed by atoms with E-state index in [0.29, 0.717) is 5.03 Å². The fraction of sp³-hybridized carbons (Fsp3) is 0.667. The molecule has 0 radical (unpaired) electrons. The first-order valence-corrected chi connectivity index (χ1v) is 4.49. The molecule has 0 aliphatic heterocycles. The molecule has 1 atom stereocenters. The molecule has 3 N–H and O–H groups in total. The molecule has 0 unspecified atom stereocenters. The summed E-state index contributed by atoms with van der Waals surface area (Å²) in [5.74, 6) is -0.200. The van der Waals surface area contributed by atoms with E-state index in [9.17, 15) is 4.79 Å². The lowest BCUT2D eigenvalue weighted by molar-refractivity contribution is -0.124. The van der Waals surface area contributed by atoms with E-state index in [1.54, 1.807) is 0 Å². The quantitative estimate of drug-likeness (QED) is 0.727. The number of carbonyl (C=O) groups excluding carboxylic acids is 1. The van der Waals surface area contributed by atoms with Gasteiger partial charge in [0, 0.05) is 5.03 Å². The van der Waals surface area contributed by atoms with Crippen LogP contribution in [0.3, 0.4) is 0 Å². The molecule has 0 bridgehead atoms. The van der Waals surface area contributed by atoms with E-state index in [1.165, 1.54) is 0 Å². The highest BCUT2D eigenvalue weighted by Crippen LogP contribution is 2.17. The Morgan fingerprint density at radius 1 is 1.62 bits per heavy atom. The summed E-state index contributed by atoms with van der Waals surface area (Å²) in [6, 6.07) is -0.525. The molecule has 1 amide bonds. The summed E-state index contributed by atoms with van der Waals surface area (Å²) in [6.07, 6.45) is 0. The maximum atomic E-state index is 11.4. The summed E-state index contributed by atoms with van der Waals surface area (Å²) >= 11 is 5.49. The van der Waals surface area contributed by atoms with Gasteiger partial charge in [-0.2, -0.15) is 0 Å². The van der Waals surface area contributed by atoms with E-state index in [1.807, 2.05) is 20.8 Å². The molecule has 0 aromatic carbocycles. The smallest absolute Gasteiger partial charge is 0.237 e. The fourth-order valence-corrected chi connectivity index (χ4v) is 0.753. The lowest BCUT2D eigenvalue weighted by Crippen LogP contribution is -2.48. The van der Waals surface area contributed by atoms with Crippen LogP contribution in [0.5, 0.6) is 0 Å². The van der Waals surface area contributed by atoms with Crippen molar-refractivity contribution in [3.05, 3.63) is 11.6 Å². The molecular weight excluding hydrogens is 188 g/mol. The van der Waals surface area contributed by atoms with E-state index in [2.05, 4.69) is 11.9 Å². The van der Waals surface area contributed by atoms with Gasteiger partial charge in [0.2, 0.25) is 5.91 Å². The molecule has 4 heteroatoms. The topological polar surface area (TPSA) is 55.1 Å². The second-order valence-electron chi connectivity index (χ2n) is 4.08. The first kappa shape index (κ1) is 12.5. The normalized spacial score (nSPS) is 13.6. The third kappa shape index (κ3) is 4.90. The molecule has 76 valence electrons. The SMILES string of the molecule is C=C(Cl)CNC(=O)[C@H](N)C(C)(C)C.